The Kier molecular flexibility index (Phi) is 13.4. The third-order valence-electron chi connectivity index (χ3n) is 0. The molecule has 2 nitrogen and oxygen atoms in total. The Bertz CT molecular complexity index is 55.2. The van der Waals surface area contributed by atoms with E-state index in [9.17, 15) is 0 Å². The second-order valence-corrected chi connectivity index (χ2v) is 2.15. The smallest absolute Gasteiger partial charge is 0.222 e. The quantitative estimate of drug-likeness (QED) is 0.312. The van der Waals surface area contributed by atoms with E-state index in [2.05, 4.69) is 0 Å². The highest BCUT2D eigenvalue weighted by atomic mass is 35.5. The summed E-state index contributed by atoms with van der Waals surface area (Å²) in [5, 5.41) is 5.40. The Labute approximate surface area is 51.9 Å². The molecule has 0 fully saturated rings. The van der Waals surface area contributed by atoms with Crippen LogP contribution in [0.1, 0.15) is 6.92 Å². The molecule has 0 bridgehead atoms. The molecule has 4 heteroatoms. The van der Waals surface area contributed by atoms with Crippen LogP contribution in [0.15, 0.2) is 0 Å². The molecule has 0 aliphatic heterocycles. The van der Waals surface area contributed by atoms with Crippen LogP contribution in [0.3, 0.4) is 0 Å². The van der Waals surface area contributed by atoms with Gasteiger partial charge in [-0.15, -0.1) is 23.2 Å². The molecule has 0 saturated carbocycles. The number of isocyanates is 1. The second-order valence-electron chi connectivity index (χ2n) is 0.621. The van der Waals surface area contributed by atoms with Crippen LogP contribution in [0, 0.1) is 5.41 Å². The molecule has 7 heavy (non-hydrogen) atoms. The number of hydrogen-bond donors (Lipinski definition) is 1. The summed E-state index contributed by atoms with van der Waals surface area (Å²) in [4.78, 5) is 8.12. The Morgan fingerprint density at radius 3 is 1.71 bits per heavy atom. The summed E-state index contributed by atoms with van der Waals surface area (Å²) in [5.41, 5.74) is 0. The number of rotatable bonds is 0. The molecule has 0 heterocycles. The van der Waals surface area contributed by atoms with Gasteiger partial charge in [0.15, 0.2) is 0 Å². The maximum absolute atomic E-state index is 8.35. The fourth-order valence-electron chi connectivity index (χ4n) is 0. The highest BCUT2D eigenvalue weighted by Gasteiger charge is 1.75. The maximum atomic E-state index is 8.35. The lowest BCUT2D eigenvalue weighted by Gasteiger charge is -1.72. The van der Waals surface area contributed by atoms with Gasteiger partial charge in [0.25, 0.3) is 0 Å². The van der Waals surface area contributed by atoms with E-state index in [4.69, 9.17) is 33.4 Å². The van der Waals surface area contributed by atoms with Gasteiger partial charge >= 0.3 is 0 Å². The van der Waals surface area contributed by atoms with Crippen molar-refractivity contribution in [1.29, 1.82) is 5.41 Å². The van der Waals surface area contributed by atoms with Gasteiger partial charge in [-0.1, -0.05) is 0 Å². The van der Waals surface area contributed by atoms with Gasteiger partial charge in [-0.2, -0.15) is 0 Å². The summed E-state index contributed by atoms with van der Waals surface area (Å²) in [5.74, 6) is 0. The van der Waals surface area contributed by atoms with Crippen LogP contribution in [-0.4, -0.2) is 10.9 Å². The zero-order valence-corrected chi connectivity index (χ0v) is 5.25. The maximum Gasteiger partial charge on any atom is 0.231 e. The highest BCUT2D eigenvalue weighted by molar-refractivity contribution is 6.43. The van der Waals surface area contributed by atoms with Crippen molar-refractivity contribution in [2.24, 2.45) is 0 Å². The van der Waals surface area contributed by atoms with Crippen LogP contribution >= 0.6 is 23.2 Å². The molecule has 0 aromatic heterocycles. The van der Waals surface area contributed by atoms with Crippen LogP contribution in [0.25, 0.3) is 0 Å². The number of alkyl halides is 2. The molecule has 42 valence electrons. The standard InChI is InChI=1S/C2H4Cl2.CHNO/c1-2(3)4;2-1-3/h2H,1H3;2H. The number of nitrogens with one attached hydrogen (secondary N) is 1. The van der Waals surface area contributed by atoms with Crippen molar-refractivity contribution < 1.29 is 4.79 Å². The van der Waals surface area contributed by atoms with Gasteiger partial charge in [-0.05, 0) is 6.92 Å². The predicted molar refractivity (Wildman–Crippen MR) is 29.6 cm³/mol. The van der Waals surface area contributed by atoms with Gasteiger partial charge in [-0.3, -0.25) is 0 Å². The lowest BCUT2D eigenvalue weighted by molar-refractivity contribution is 0.563. The van der Waals surface area contributed by atoms with Crippen LogP contribution < -0.4 is 0 Å². The van der Waals surface area contributed by atoms with Crippen molar-refractivity contribution in [3.8, 4) is 0 Å². The first kappa shape index (κ1) is 10.0. The predicted octanol–water partition coefficient (Wildman–Crippen LogP) is 1.71. The van der Waals surface area contributed by atoms with E-state index < -0.39 is 0 Å². The average molecular weight is 142 g/mol. The molecule has 0 spiro atoms. The minimum atomic E-state index is -0.222. The first-order valence-electron chi connectivity index (χ1n) is 1.47. The van der Waals surface area contributed by atoms with Crippen LogP contribution in [0.2, 0.25) is 0 Å². The lowest BCUT2D eigenvalue weighted by atomic mass is 11.0. The summed E-state index contributed by atoms with van der Waals surface area (Å²) in [6, 6.07) is 0. The van der Waals surface area contributed by atoms with E-state index in [0.29, 0.717) is 0 Å². The summed E-state index contributed by atoms with van der Waals surface area (Å²) < 4.78 is 0. The topological polar surface area (TPSA) is 40.9 Å². The van der Waals surface area contributed by atoms with Crippen molar-refractivity contribution in [2.45, 2.75) is 11.8 Å². The molecule has 0 amide bonds. The fraction of sp³-hybridized carbons (Fsp3) is 0.667. The Morgan fingerprint density at radius 2 is 1.71 bits per heavy atom. The van der Waals surface area contributed by atoms with Gasteiger partial charge in [0.05, 0.1) is 0 Å². The molecule has 0 aromatic rings. The van der Waals surface area contributed by atoms with Crippen molar-refractivity contribution in [3.63, 3.8) is 0 Å². The van der Waals surface area contributed by atoms with Gasteiger partial charge in [0, 0.05) is 0 Å². The lowest BCUT2D eigenvalue weighted by Crippen LogP contribution is -1.63. The summed E-state index contributed by atoms with van der Waals surface area (Å²) in [7, 11) is 0. The molecule has 0 aliphatic rings. The van der Waals surface area contributed by atoms with E-state index in [1.165, 1.54) is 0 Å². The normalized spacial score (nSPS) is 6.29. The van der Waals surface area contributed by atoms with Crippen LogP contribution in [-0.2, 0) is 4.79 Å². The minimum absolute atomic E-state index is 0.222. The average Bonchev–Trinajstić information content (AvgIpc) is 1.33. The summed E-state index contributed by atoms with van der Waals surface area (Å²) in [6.45, 7) is 1.70. The van der Waals surface area contributed by atoms with Crippen molar-refractivity contribution in [2.75, 3.05) is 0 Å². The van der Waals surface area contributed by atoms with Crippen molar-refractivity contribution in [1.82, 2.24) is 0 Å². The summed E-state index contributed by atoms with van der Waals surface area (Å²) in [6.07, 6.45) is 0.750. The molecule has 0 aromatic carbocycles. The number of hydrogen-bond acceptors (Lipinski definition) is 2. The summed E-state index contributed by atoms with van der Waals surface area (Å²) >= 11 is 10.1. The first-order chi connectivity index (χ1) is 3.15. The monoisotopic (exact) mass is 141 g/mol. The van der Waals surface area contributed by atoms with Gasteiger partial charge < -0.3 is 0 Å². The second kappa shape index (κ2) is 9.35. The van der Waals surface area contributed by atoms with Crippen molar-refractivity contribution in [3.05, 3.63) is 0 Å². The molecule has 0 radical (unpaired) electrons. The number of carbonyl (C=O) groups excluding carboxylic acids is 1. The molecule has 0 atom stereocenters. The van der Waals surface area contributed by atoms with E-state index in [-0.39, 0.29) is 4.84 Å². The van der Waals surface area contributed by atoms with Crippen molar-refractivity contribution >= 4 is 29.3 Å². The van der Waals surface area contributed by atoms with Crippen LogP contribution in [0.4, 0.5) is 0 Å². The van der Waals surface area contributed by atoms with E-state index in [1.54, 1.807) is 6.92 Å². The van der Waals surface area contributed by atoms with Gasteiger partial charge in [-0.25, -0.2) is 10.2 Å². The highest BCUT2D eigenvalue weighted by Crippen LogP contribution is 1.95. The molecule has 0 aliphatic carbocycles. The van der Waals surface area contributed by atoms with E-state index >= 15 is 0 Å². The van der Waals surface area contributed by atoms with Crippen LogP contribution in [0.5, 0.6) is 0 Å². The first-order valence-corrected chi connectivity index (χ1v) is 2.34. The van der Waals surface area contributed by atoms with E-state index in [0.717, 1.165) is 6.08 Å². The minimum Gasteiger partial charge on any atom is -0.222 e. The zero-order chi connectivity index (χ0) is 6.28. The molecule has 0 saturated heterocycles. The SMILES string of the molecule is CC(Cl)Cl.N=C=O. The van der Waals surface area contributed by atoms with E-state index in [1.807, 2.05) is 0 Å². The molecular formula is C3H5Cl2NO. The molecule has 0 rings (SSSR count). The van der Waals surface area contributed by atoms with Gasteiger partial charge in [0.1, 0.15) is 4.84 Å². The Balaban J connectivity index is 0. The Morgan fingerprint density at radius 1 is 1.71 bits per heavy atom. The third kappa shape index (κ3) is 58400. The Hall–Kier alpha value is -0.0400. The zero-order valence-electron chi connectivity index (χ0n) is 3.74. The largest absolute Gasteiger partial charge is 0.231 e. The third-order valence-corrected chi connectivity index (χ3v) is 0. The molecular weight excluding hydrogens is 137 g/mol. The molecule has 1 N–H and O–H groups in total. The number of halogens is 2. The van der Waals surface area contributed by atoms with Gasteiger partial charge in [0.2, 0.25) is 6.08 Å². The molecule has 0 unspecified atom stereocenters. The fourth-order valence-corrected chi connectivity index (χ4v) is 0.